The number of hydrogen-bond donors (Lipinski definition) is 0. The first kappa shape index (κ1) is 19.7. The number of alkyl halides is 5. The van der Waals surface area contributed by atoms with Gasteiger partial charge in [-0.2, -0.15) is 13.9 Å². The van der Waals surface area contributed by atoms with Gasteiger partial charge in [-0.1, -0.05) is 12.1 Å². The van der Waals surface area contributed by atoms with Crippen LogP contribution >= 0.6 is 0 Å². The summed E-state index contributed by atoms with van der Waals surface area (Å²) < 4.78 is 73.1. The van der Waals surface area contributed by atoms with E-state index in [0.717, 1.165) is 17.7 Å². The highest BCUT2D eigenvalue weighted by molar-refractivity contribution is 5.60. The normalized spacial score (nSPS) is 11.7. The van der Waals surface area contributed by atoms with Crippen molar-refractivity contribution in [3.63, 3.8) is 0 Å². The van der Waals surface area contributed by atoms with E-state index in [4.69, 9.17) is 4.74 Å². The van der Waals surface area contributed by atoms with Gasteiger partial charge in [0, 0.05) is 5.56 Å². The number of ether oxygens (including phenoxy) is 2. The van der Waals surface area contributed by atoms with E-state index in [1.165, 1.54) is 18.2 Å². The van der Waals surface area contributed by atoms with Gasteiger partial charge in [0.25, 0.3) is 0 Å². The zero-order valence-electron chi connectivity index (χ0n) is 14.6. The minimum atomic E-state index is -4.81. The molecule has 0 amide bonds. The van der Waals surface area contributed by atoms with Gasteiger partial charge in [-0.25, -0.2) is 4.68 Å². The van der Waals surface area contributed by atoms with Crippen molar-refractivity contribution in [2.45, 2.75) is 26.4 Å². The van der Waals surface area contributed by atoms with Crippen LogP contribution in [0.3, 0.4) is 0 Å². The maximum Gasteiger partial charge on any atom is 0.573 e. The van der Waals surface area contributed by atoms with Crippen LogP contribution in [-0.2, 0) is 6.61 Å². The topological polar surface area (TPSA) is 36.3 Å². The molecule has 0 fully saturated rings. The lowest BCUT2D eigenvalue weighted by atomic mass is 10.1. The largest absolute Gasteiger partial charge is 0.573 e. The van der Waals surface area contributed by atoms with Gasteiger partial charge in [-0.15, -0.1) is 13.2 Å². The lowest BCUT2D eigenvalue weighted by molar-refractivity contribution is -0.274. The lowest BCUT2D eigenvalue weighted by Crippen LogP contribution is -2.16. The number of hydrogen-bond acceptors (Lipinski definition) is 3. The van der Waals surface area contributed by atoms with Crippen LogP contribution in [-0.4, -0.2) is 16.1 Å². The zero-order chi connectivity index (χ0) is 20.3. The van der Waals surface area contributed by atoms with E-state index in [1.807, 2.05) is 13.0 Å². The molecule has 0 saturated carbocycles. The number of aryl methyl sites for hydroxylation is 1. The first-order valence-electron chi connectivity index (χ1n) is 8.13. The van der Waals surface area contributed by atoms with Crippen LogP contribution in [0.1, 0.15) is 17.8 Å². The summed E-state index contributed by atoms with van der Waals surface area (Å²) in [5, 5.41) is 3.84. The third kappa shape index (κ3) is 4.99. The van der Waals surface area contributed by atoms with E-state index < -0.39 is 18.7 Å². The molecule has 0 N–H and O–H groups in total. The zero-order valence-corrected chi connectivity index (χ0v) is 14.6. The number of nitrogens with zero attached hydrogens (tertiary/aromatic N) is 2. The molecular weight excluding hydrogens is 383 g/mol. The van der Waals surface area contributed by atoms with Gasteiger partial charge < -0.3 is 9.47 Å². The quantitative estimate of drug-likeness (QED) is 0.498. The molecule has 0 aliphatic rings. The molecule has 0 aliphatic carbocycles. The Hall–Kier alpha value is -3.10. The van der Waals surface area contributed by atoms with Crippen LogP contribution in [0.2, 0.25) is 0 Å². The molecule has 4 nitrogen and oxygen atoms in total. The fourth-order valence-electron chi connectivity index (χ4n) is 2.54. The number of aromatic nitrogens is 2. The maximum atomic E-state index is 13.3. The molecule has 3 aromatic rings. The van der Waals surface area contributed by atoms with Crippen LogP contribution in [0, 0.1) is 6.92 Å². The molecule has 0 radical (unpaired) electrons. The third-order valence-corrected chi connectivity index (χ3v) is 3.76. The van der Waals surface area contributed by atoms with Gasteiger partial charge in [0.1, 0.15) is 18.1 Å². The molecule has 2 aromatic carbocycles. The first-order valence-corrected chi connectivity index (χ1v) is 8.13. The molecule has 1 aromatic heterocycles. The minimum absolute atomic E-state index is 0.127. The lowest BCUT2D eigenvalue weighted by Gasteiger charge is -2.08. The van der Waals surface area contributed by atoms with Crippen molar-refractivity contribution in [3.8, 4) is 22.8 Å². The standard InChI is InChI=1S/C19H15F5N2O2/c1-12-3-2-4-16(9-12)27-11-14-10-17(25-26(14)18(20)21)13-5-7-15(8-6-13)28-19(22,23)24/h2-10,18H,11H2,1H3. The van der Waals surface area contributed by atoms with Crippen LogP contribution in [0.15, 0.2) is 54.6 Å². The Morgan fingerprint density at radius 1 is 1.00 bits per heavy atom. The van der Waals surface area contributed by atoms with Crippen LogP contribution in [0.25, 0.3) is 11.3 Å². The van der Waals surface area contributed by atoms with Crippen molar-refractivity contribution < 1.29 is 31.4 Å². The first-order chi connectivity index (χ1) is 13.2. The Morgan fingerprint density at radius 3 is 2.32 bits per heavy atom. The van der Waals surface area contributed by atoms with Gasteiger partial charge in [-0.05, 0) is 55.0 Å². The number of benzene rings is 2. The average molecular weight is 398 g/mol. The molecule has 28 heavy (non-hydrogen) atoms. The summed E-state index contributed by atoms with van der Waals surface area (Å²) in [6.07, 6.45) is -4.81. The van der Waals surface area contributed by atoms with Crippen molar-refractivity contribution in [2.75, 3.05) is 0 Å². The smallest absolute Gasteiger partial charge is 0.487 e. The summed E-state index contributed by atoms with van der Waals surface area (Å²) in [7, 11) is 0. The second-order valence-corrected chi connectivity index (χ2v) is 5.92. The fourth-order valence-corrected chi connectivity index (χ4v) is 2.54. The highest BCUT2D eigenvalue weighted by Gasteiger charge is 2.31. The predicted molar refractivity (Wildman–Crippen MR) is 91.1 cm³/mol. The Bertz CT molecular complexity index is 936. The molecule has 148 valence electrons. The van der Waals surface area contributed by atoms with Gasteiger partial charge in [0.2, 0.25) is 0 Å². The number of rotatable bonds is 6. The minimum Gasteiger partial charge on any atom is -0.487 e. The predicted octanol–water partition coefficient (Wildman–Crippen LogP) is 5.73. The summed E-state index contributed by atoms with van der Waals surface area (Å²) in [5.41, 5.74) is 1.64. The molecule has 0 spiro atoms. The highest BCUT2D eigenvalue weighted by Crippen LogP contribution is 2.28. The van der Waals surface area contributed by atoms with E-state index in [-0.39, 0.29) is 18.0 Å². The molecule has 0 atom stereocenters. The van der Waals surface area contributed by atoms with Crippen molar-refractivity contribution >= 4 is 0 Å². The average Bonchev–Trinajstić information content (AvgIpc) is 3.04. The second kappa shape index (κ2) is 7.87. The highest BCUT2D eigenvalue weighted by atomic mass is 19.4. The summed E-state index contributed by atoms with van der Waals surface area (Å²) in [6.45, 7) is -1.16. The second-order valence-electron chi connectivity index (χ2n) is 5.92. The van der Waals surface area contributed by atoms with Crippen LogP contribution in [0.5, 0.6) is 11.5 Å². The summed E-state index contributed by atoms with van der Waals surface area (Å²) in [5.74, 6) is 0.116. The molecular formula is C19H15F5N2O2. The summed E-state index contributed by atoms with van der Waals surface area (Å²) >= 11 is 0. The molecule has 0 bridgehead atoms. The molecule has 0 aliphatic heterocycles. The van der Waals surface area contributed by atoms with Gasteiger partial charge in [0.15, 0.2) is 0 Å². The van der Waals surface area contributed by atoms with E-state index in [1.54, 1.807) is 18.2 Å². The van der Waals surface area contributed by atoms with Crippen LogP contribution < -0.4 is 9.47 Å². The van der Waals surface area contributed by atoms with Crippen molar-refractivity contribution in [2.24, 2.45) is 0 Å². The monoisotopic (exact) mass is 398 g/mol. The fraction of sp³-hybridized carbons (Fsp3) is 0.211. The molecule has 1 heterocycles. The summed E-state index contributed by atoms with van der Waals surface area (Å²) in [4.78, 5) is 0. The van der Waals surface area contributed by atoms with E-state index >= 15 is 0 Å². The van der Waals surface area contributed by atoms with E-state index in [2.05, 4.69) is 9.84 Å². The van der Waals surface area contributed by atoms with Crippen molar-refractivity contribution in [3.05, 3.63) is 65.9 Å². The van der Waals surface area contributed by atoms with E-state index in [9.17, 15) is 22.0 Å². The van der Waals surface area contributed by atoms with Gasteiger partial charge >= 0.3 is 12.9 Å². The van der Waals surface area contributed by atoms with Gasteiger partial charge in [-0.3, -0.25) is 0 Å². The van der Waals surface area contributed by atoms with Crippen molar-refractivity contribution in [1.29, 1.82) is 0 Å². The molecule has 3 rings (SSSR count). The van der Waals surface area contributed by atoms with Crippen LogP contribution in [0.4, 0.5) is 22.0 Å². The Morgan fingerprint density at radius 2 is 1.71 bits per heavy atom. The summed E-state index contributed by atoms with van der Waals surface area (Å²) in [6, 6.07) is 13.3. The molecule has 9 heteroatoms. The third-order valence-electron chi connectivity index (χ3n) is 3.76. The SMILES string of the molecule is Cc1cccc(OCc2cc(-c3ccc(OC(F)(F)F)cc3)nn2C(F)F)c1. The Balaban J connectivity index is 1.80. The number of halogens is 5. The maximum absolute atomic E-state index is 13.3. The van der Waals surface area contributed by atoms with Crippen molar-refractivity contribution in [1.82, 2.24) is 9.78 Å². The molecule has 0 unspecified atom stereocenters. The Labute approximate surface area is 157 Å². The molecule has 0 saturated heterocycles. The van der Waals surface area contributed by atoms with E-state index in [0.29, 0.717) is 16.0 Å². The Kier molecular flexibility index (Phi) is 5.53. The van der Waals surface area contributed by atoms with Gasteiger partial charge in [0.05, 0.1) is 11.4 Å².